The van der Waals surface area contributed by atoms with Crippen LogP contribution in [0, 0.1) is 0 Å². The molecule has 2 N–H and O–H groups in total. The summed E-state index contributed by atoms with van der Waals surface area (Å²) in [6.45, 7) is 6.78. The first-order valence-electron chi connectivity index (χ1n) is 6.66. The molecule has 0 bridgehead atoms. The molecule has 1 fully saturated rings. The van der Waals surface area contributed by atoms with E-state index in [1.165, 1.54) is 4.90 Å². The molecule has 1 saturated heterocycles. The van der Waals surface area contributed by atoms with Crippen LogP contribution in [-0.2, 0) is 9.53 Å². The lowest BCUT2D eigenvalue weighted by Crippen LogP contribution is -2.47. The predicted molar refractivity (Wildman–Crippen MR) is 72.7 cm³/mol. The van der Waals surface area contributed by atoms with Gasteiger partial charge in [0.25, 0.3) is 0 Å². The fraction of sp³-hybridized carbons (Fsp3) is 0.846. The molecule has 0 saturated carbocycles. The number of likely N-dealkylation sites (N-methyl/N-ethyl adjacent to an activating group) is 1. The van der Waals surface area contributed by atoms with E-state index in [4.69, 9.17) is 10.5 Å². The number of hydrogen-bond acceptors (Lipinski definition) is 4. The van der Waals surface area contributed by atoms with E-state index in [0.717, 1.165) is 12.8 Å². The zero-order valence-corrected chi connectivity index (χ0v) is 12.3. The second-order valence-electron chi connectivity index (χ2n) is 6.05. The number of nitrogens with two attached hydrogens (primary N) is 1. The van der Waals surface area contributed by atoms with Crippen molar-refractivity contribution in [1.29, 1.82) is 0 Å². The molecule has 0 atom stereocenters. The van der Waals surface area contributed by atoms with Crippen molar-refractivity contribution in [3.63, 3.8) is 0 Å². The van der Waals surface area contributed by atoms with Gasteiger partial charge in [-0.1, -0.05) is 0 Å². The summed E-state index contributed by atoms with van der Waals surface area (Å²) in [5, 5.41) is 0. The number of piperidine rings is 1. The summed E-state index contributed by atoms with van der Waals surface area (Å²) >= 11 is 0. The first-order valence-corrected chi connectivity index (χ1v) is 6.66. The maximum absolute atomic E-state index is 12.0. The Morgan fingerprint density at radius 1 is 1.32 bits per heavy atom. The molecule has 2 amide bonds. The Morgan fingerprint density at radius 3 is 2.32 bits per heavy atom. The van der Waals surface area contributed by atoms with Gasteiger partial charge < -0.3 is 20.3 Å². The zero-order valence-electron chi connectivity index (χ0n) is 12.3. The van der Waals surface area contributed by atoms with Crippen LogP contribution in [0.5, 0.6) is 0 Å². The van der Waals surface area contributed by atoms with E-state index < -0.39 is 11.7 Å². The number of hydrogen-bond donors (Lipinski definition) is 1. The fourth-order valence-electron chi connectivity index (χ4n) is 1.86. The summed E-state index contributed by atoms with van der Waals surface area (Å²) in [5.41, 5.74) is 5.24. The molecule has 0 aliphatic carbocycles. The SMILES string of the molecule is CN(CC(=O)N1CCC(N)CC1)C(=O)OC(C)(C)C. The Balaban J connectivity index is 2.41. The average molecular weight is 271 g/mol. The van der Waals surface area contributed by atoms with Crippen molar-refractivity contribution in [2.24, 2.45) is 5.73 Å². The van der Waals surface area contributed by atoms with E-state index in [-0.39, 0.29) is 18.5 Å². The number of carbonyl (C=O) groups is 2. The summed E-state index contributed by atoms with van der Waals surface area (Å²) in [4.78, 5) is 26.8. The van der Waals surface area contributed by atoms with Gasteiger partial charge in [-0.05, 0) is 33.6 Å². The van der Waals surface area contributed by atoms with Gasteiger partial charge in [-0.15, -0.1) is 0 Å². The smallest absolute Gasteiger partial charge is 0.410 e. The van der Waals surface area contributed by atoms with Crippen molar-refractivity contribution in [1.82, 2.24) is 9.80 Å². The summed E-state index contributed by atoms with van der Waals surface area (Å²) in [5.74, 6) is -0.0553. The molecule has 0 radical (unpaired) electrons. The number of likely N-dealkylation sites (tertiary alicyclic amines) is 1. The van der Waals surface area contributed by atoms with Crippen molar-refractivity contribution >= 4 is 12.0 Å². The number of ether oxygens (including phenoxy) is 1. The summed E-state index contributed by atoms with van der Waals surface area (Å²) in [6.07, 6.45) is 1.17. The van der Waals surface area contributed by atoms with Gasteiger partial charge >= 0.3 is 6.09 Å². The van der Waals surface area contributed by atoms with Gasteiger partial charge in [-0.25, -0.2) is 4.79 Å². The highest BCUT2D eigenvalue weighted by Gasteiger charge is 2.25. The standard InChI is InChI=1S/C13H25N3O3/c1-13(2,3)19-12(18)15(4)9-11(17)16-7-5-10(14)6-8-16/h10H,5-9,14H2,1-4H3. The van der Waals surface area contributed by atoms with Crippen LogP contribution in [0.2, 0.25) is 0 Å². The van der Waals surface area contributed by atoms with Gasteiger partial charge in [0.05, 0.1) is 0 Å². The Bertz CT molecular complexity index is 331. The Morgan fingerprint density at radius 2 is 1.84 bits per heavy atom. The van der Waals surface area contributed by atoms with Gasteiger partial charge in [0, 0.05) is 26.2 Å². The molecule has 1 rings (SSSR count). The summed E-state index contributed by atoms with van der Waals surface area (Å²) < 4.78 is 5.20. The van der Waals surface area contributed by atoms with Crippen molar-refractivity contribution in [2.45, 2.75) is 45.3 Å². The molecule has 19 heavy (non-hydrogen) atoms. The van der Waals surface area contributed by atoms with Crippen LogP contribution in [0.25, 0.3) is 0 Å². The number of rotatable bonds is 2. The minimum atomic E-state index is -0.549. The highest BCUT2D eigenvalue weighted by molar-refractivity contribution is 5.82. The topological polar surface area (TPSA) is 75.9 Å². The molecule has 1 aliphatic heterocycles. The van der Waals surface area contributed by atoms with Crippen LogP contribution < -0.4 is 5.73 Å². The fourth-order valence-corrected chi connectivity index (χ4v) is 1.86. The lowest BCUT2D eigenvalue weighted by Gasteiger charge is -2.32. The second-order valence-corrected chi connectivity index (χ2v) is 6.05. The number of amides is 2. The molecule has 0 aromatic heterocycles. The van der Waals surface area contributed by atoms with Crippen LogP contribution in [-0.4, -0.2) is 60.1 Å². The summed E-state index contributed by atoms with van der Waals surface area (Å²) in [6, 6.07) is 0.188. The third-order valence-electron chi connectivity index (χ3n) is 2.97. The largest absolute Gasteiger partial charge is 0.444 e. The molecule has 0 aromatic rings. The van der Waals surface area contributed by atoms with E-state index in [1.54, 1.807) is 32.7 Å². The second kappa shape index (κ2) is 6.23. The van der Waals surface area contributed by atoms with Crippen LogP contribution >= 0.6 is 0 Å². The minimum Gasteiger partial charge on any atom is -0.444 e. The molecular formula is C13H25N3O3. The first kappa shape index (κ1) is 15.8. The normalized spacial score (nSPS) is 17.2. The van der Waals surface area contributed by atoms with E-state index in [0.29, 0.717) is 13.1 Å². The maximum Gasteiger partial charge on any atom is 0.410 e. The van der Waals surface area contributed by atoms with Gasteiger partial charge in [0.15, 0.2) is 0 Å². The molecule has 0 unspecified atom stereocenters. The maximum atomic E-state index is 12.0. The lowest BCUT2D eigenvalue weighted by molar-refractivity contribution is -0.133. The third-order valence-corrected chi connectivity index (χ3v) is 2.97. The molecular weight excluding hydrogens is 246 g/mol. The van der Waals surface area contributed by atoms with E-state index >= 15 is 0 Å². The highest BCUT2D eigenvalue weighted by atomic mass is 16.6. The summed E-state index contributed by atoms with van der Waals surface area (Å²) in [7, 11) is 1.57. The quantitative estimate of drug-likeness (QED) is 0.806. The molecule has 0 aromatic carbocycles. The van der Waals surface area contributed by atoms with Crippen LogP contribution in [0.1, 0.15) is 33.6 Å². The van der Waals surface area contributed by atoms with Crippen LogP contribution in [0.3, 0.4) is 0 Å². The molecule has 6 nitrogen and oxygen atoms in total. The molecule has 6 heteroatoms. The van der Waals surface area contributed by atoms with E-state index in [2.05, 4.69) is 0 Å². The molecule has 110 valence electrons. The van der Waals surface area contributed by atoms with Gasteiger partial charge in [-0.3, -0.25) is 4.79 Å². The third kappa shape index (κ3) is 5.46. The monoisotopic (exact) mass is 271 g/mol. The van der Waals surface area contributed by atoms with Gasteiger partial charge in [0.2, 0.25) is 5.91 Å². The number of carbonyl (C=O) groups excluding carboxylic acids is 2. The number of nitrogens with zero attached hydrogens (tertiary/aromatic N) is 2. The molecule has 1 heterocycles. The molecule has 0 spiro atoms. The minimum absolute atomic E-state index is 0.0458. The Labute approximate surface area is 114 Å². The highest BCUT2D eigenvalue weighted by Crippen LogP contribution is 2.11. The van der Waals surface area contributed by atoms with Gasteiger partial charge in [-0.2, -0.15) is 0 Å². The van der Waals surface area contributed by atoms with Gasteiger partial charge in [0.1, 0.15) is 12.1 Å². The van der Waals surface area contributed by atoms with Crippen molar-refractivity contribution < 1.29 is 14.3 Å². The first-order chi connectivity index (χ1) is 8.69. The van der Waals surface area contributed by atoms with E-state index in [1.807, 2.05) is 0 Å². The molecule has 1 aliphatic rings. The van der Waals surface area contributed by atoms with E-state index in [9.17, 15) is 9.59 Å². The van der Waals surface area contributed by atoms with Crippen LogP contribution in [0.4, 0.5) is 4.79 Å². The van der Waals surface area contributed by atoms with Crippen molar-refractivity contribution in [2.75, 3.05) is 26.7 Å². The Kier molecular flexibility index (Phi) is 5.17. The van der Waals surface area contributed by atoms with Crippen molar-refractivity contribution in [3.05, 3.63) is 0 Å². The van der Waals surface area contributed by atoms with Crippen molar-refractivity contribution in [3.8, 4) is 0 Å². The van der Waals surface area contributed by atoms with Crippen LogP contribution in [0.15, 0.2) is 0 Å². The predicted octanol–water partition coefficient (Wildman–Crippen LogP) is 0.803. The lowest BCUT2D eigenvalue weighted by atomic mass is 10.1. The Hall–Kier alpha value is -1.30. The zero-order chi connectivity index (χ0) is 14.6. The average Bonchev–Trinajstić information content (AvgIpc) is 2.27.